The lowest BCUT2D eigenvalue weighted by Crippen LogP contribution is -2.65. The average Bonchev–Trinajstić information content (AvgIpc) is 3.44. The summed E-state index contributed by atoms with van der Waals surface area (Å²) >= 11 is 0. The third-order valence-electron chi connectivity index (χ3n) is 15.9. The van der Waals surface area contributed by atoms with Crippen LogP contribution in [0.15, 0.2) is 24.3 Å². The quantitative estimate of drug-likeness (QED) is 0.0204. The Morgan fingerprint density at radius 2 is 0.818 bits per heavy atom. The largest absolute Gasteiger partial charge is 0.394 e. The fraction of sp³-hybridized carbons (Fsp3) is 0.921. The van der Waals surface area contributed by atoms with E-state index in [-0.39, 0.29) is 18.9 Å². The molecule has 12 unspecified atom stereocenters. The molecule has 2 aliphatic heterocycles. The summed E-state index contributed by atoms with van der Waals surface area (Å²) in [6.45, 7) is 2.76. The van der Waals surface area contributed by atoms with E-state index in [2.05, 4.69) is 31.3 Å². The number of aliphatic hydroxyl groups is 8. The number of carbonyl (C=O) groups excluding carboxylic acids is 1. The lowest BCUT2D eigenvalue weighted by atomic mass is 9.97. The van der Waals surface area contributed by atoms with Crippen molar-refractivity contribution in [2.24, 2.45) is 0 Å². The van der Waals surface area contributed by atoms with Gasteiger partial charge in [0.15, 0.2) is 12.6 Å². The molecule has 9 N–H and O–H groups in total. The van der Waals surface area contributed by atoms with Crippen LogP contribution in [0.5, 0.6) is 0 Å². The molecule has 12 atom stereocenters. The predicted molar refractivity (Wildman–Crippen MR) is 309 cm³/mol. The number of hydrogen-bond acceptors (Lipinski definition) is 13. The number of hydrogen-bond donors (Lipinski definition) is 9. The van der Waals surface area contributed by atoms with Gasteiger partial charge in [-0.15, -0.1) is 0 Å². The molecule has 0 aliphatic carbocycles. The maximum Gasteiger partial charge on any atom is 0.220 e. The first kappa shape index (κ1) is 71.6. The number of amides is 1. The number of carbonyl (C=O) groups is 1. The van der Waals surface area contributed by atoms with Gasteiger partial charge in [-0.25, -0.2) is 0 Å². The zero-order valence-corrected chi connectivity index (χ0v) is 49.0. The zero-order valence-electron chi connectivity index (χ0n) is 49.0. The van der Waals surface area contributed by atoms with E-state index in [0.717, 1.165) is 44.9 Å². The predicted octanol–water partition coefficient (Wildman–Crippen LogP) is 11.6. The van der Waals surface area contributed by atoms with E-state index in [0.29, 0.717) is 6.42 Å². The van der Waals surface area contributed by atoms with Gasteiger partial charge in [0.1, 0.15) is 48.8 Å². The van der Waals surface area contributed by atoms with Gasteiger partial charge in [-0.05, 0) is 44.9 Å². The van der Waals surface area contributed by atoms with E-state index in [9.17, 15) is 45.6 Å². The molecule has 0 spiro atoms. The van der Waals surface area contributed by atoms with Gasteiger partial charge in [0, 0.05) is 6.42 Å². The first-order valence-corrected chi connectivity index (χ1v) is 32.1. The molecule has 2 fully saturated rings. The molecule has 0 aromatic carbocycles. The van der Waals surface area contributed by atoms with E-state index in [1.807, 2.05) is 6.08 Å². The lowest BCUT2D eigenvalue weighted by molar-refractivity contribution is -0.359. The van der Waals surface area contributed by atoms with Gasteiger partial charge in [-0.1, -0.05) is 250 Å². The molecule has 454 valence electrons. The molecule has 14 heteroatoms. The summed E-state index contributed by atoms with van der Waals surface area (Å²) in [5, 5.41) is 86.8. The fourth-order valence-corrected chi connectivity index (χ4v) is 10.7. The maximum absolute atomic E-state index is 13.2. The molecule has 0 aromatic heterocycles. The van der Waals surface area contributed by atoms with E-state index < -0.39 is 86.8 Å². The Kier molecular flexibility index (Phi) is 45.7. The van der Waals surface area contributed by atoms with E-state index >= 15 is 0 Å². The van der Waals surface area contributed by atoms with Gasteiger partial charge in [0.25, 0.3) is 0 Å². The van der Waals surface area contributed by atoms with Crippen molar-refractivity contribution in [2.75, 3.05) is 19.8 Å². The zero-order chi connectivity index (χ0) is 56.0. The van der Waals surface area contributed by atoms with Crippen molar-refractivity contribution in [3.05, 3.63) is 24.3 Å². The number of allylic oxidation sites excluding steroid dienone is 3. The van der Waals surface area contributed by atoms with Crippen molar-refractivity contribution >= 4 is 5.91 Å². The minimum absolute atomic E-state index is 0.238. The Balaban J connectivity index is 1.54. The molecule has 2 saturated heterocycles. The number of nitrogens with one attached hydrogen (secondary N) is 1. The van der Waals surface area contributed by atoms with Crippen molar-refractivity contribution in [1.82, 2.24) is 5.32 Å². The highest BCUT2D eigenvalue weighted by Gasteiger charge is 2.51. The molecule has 0 radical (unpaired) electrons. The van der Waals surface area contributed by atoms with E-state index in [1.165, 1.54) is 205 Å². The van der Waals surface area contributed by atoms with Crippen LogP contribution in [-0.2, 0) is 23.7 Å². The number of rotatable bonds is 52. The van der Waals surface area contributed by atoms with Gasteiger partial charge in [0.05, 0.1) is 32.0 Å². The number of unbranched alkanes of at least 4 members (excludes halogenated alkanes) is 37. The molecule has 2 aliphatic rings. The first-order chi connectivity index (χ1) is 37.6. The molecule has 77 heavy (non-hydrogen) atoms. The molecule has 0 aromatic rings. The van der Waals surface area contributed by atoms with Crippen LogP contribution in [0.4, 0.5) is 0 Å². The van der Waals surface area contributed by atoms with Gasteiger partial charge in [0.2, 0.25) is 5.91 Å². The van der Waals surface area contributed by atoms with Crippen molar-refractivity contribution in [1.29, 1.82) is 0 Å². The van der Waals surface area contributed by atoms with Crippen molar-refractivity contribution in [3.63, 3.8) is 0 Å². The van der Waals surface area contributed by atoms with E-state index in [4.69, 9.17) is 18.9 Å². The first-order valence-electron chi connectivity index (χ1n) is 32.1. The van der Waals surface area contributed by atoms with Crippen LogP contribution in [0.25, 0.3) is 0 Å². The highest BCUT2D eigenvalue weighted by Crippen LogP contribution is 2.30. The lowest BCUT2D eigenvalue weighted by Gasteiger charge is -2.46. The van der Waals surface area contributed by atoms with Crippen LogP contribution in [0.2, 0.25) is 0 Å². The summed E-state index contributed by atoms with van der Waals surface area (Å²) in [5.41, 5.74) is 0. The van der Waals surface area contributed by atoms with Crippen LogP contribution < -0.4 is 5.32 Å². The summed E-state index contributed by atoms with van der Waals surface area (Å²) in [6.07, 6.45) is 42.9. The highest BCUT2D eigenvalue weighted by molar-refractivity contribution is 5.76. The highest BCUT2D eigenvalue weighted by atomic mass is 16.7. The van der Waals surface area contributed by atoms with Crippen LogP contribution in [0.1, 0.15) is 277 Å². The van der Waals surface area contributed by atoms with Gasteiger partial charge in [-0.2, -0.15) is 0 Å². The van der Waals surface area contributed by atoms with Gasteiger partial charge in [-0.3, -0.25) is 4.79 Å². The third-order valence-corrected chi connectivity index (χ3v) is 15.9. The second kappa shape index (κ2) is 49.1. The second-order valence-electron chi connectivity index (χ2n) is 22.9. The van der Waals surface area contributed by atoms with Crippen LogP contribution >= 0.6 is 0 Å². The summed E-state index contributed by atoms with van der Waals surface area (Å²) in [7, 11) is 0. The summed E-state index contributed by atoms with van der Waals surface area (Å²) in [4.78, 5) is 13.2. The molecule has 2 rings (SSSR count). The van der Waals surface area contributed by atoms with Crippen LogP contribution in [0.3, 0.4) is 0 Å². The number of ether oxygens (including phenoxy) is 4. The van der Waals surface area contributed by atoms with E-state index in [1.54, 1.807) is 6.08 Å². The Morgan fingerprint density at radius 3 is 1.23 bits per heavy atom. The Morgan fingerprint density at radius 1 is 0.455 bits per heavy atom. The number of aliphatic hydroxyl groups excluding tert-OH is 8. The van der Waals surface area contributed by atoms with Crippen molar-refractivity contribution in [3.8, 4) is 0 Å². The monoisotopic (exact) mass is 1100 g/mol. The van der Waals surface area contributed by atoms with Crippen molar-refractivity contribution in [2.45, 2.75) is 351 Å². The molecule has 0 saturated carbocycles. The Bertz CT molecular complexity index is 1390. The third kappa shape index (κ3) is 34.5. The van der Waals surface area contributed by atoms with Crippen LogP contribution in [0, 0.1) is 0 Å². The summed E-state index contributed by atoms with van der Waals surface area (Å²) in [5.74, 6) is -0.238. The Labute approximate surface area is 468 Å². The van der Waals surface area contributed by atoms with Crippen molar-refractivity contribution < 1.29 is 64.6 Å². The van der Waals surface area contributed by atoms with Crippen LogP contribution in [-0.4, -0.2) is 140 Å². The molecular weight excluding hydrogens is 979 g/mol. The molecule has 1 amide bonds. The maximum atomic E-state index is 13.2. The topological polar surface area (TPSA) is 228 Å². The van der Waals surface area contributed by atoms with Gasteiger partial charge < -0.3 is 65.1 Å². The smallest absolute Gasteiger partial charge is 0.220 e. The minimum Gasteiger partial charge on any atom is -0.394 e. The fourth-order valence-electron chi connectivity index (χ4n) is 10.7. The summed E-state index contributed by atoms with van der Waals surface area (Å²) in [6, 6.07) is -0.909. The standard InChI is InChI=1S/C63H119NO13/c1-3-5-7-9-11-13-14-15-16-17-18-19-20-21-22-23-24-25-26-27-28-29-30-31-32-33-34-35-36-37-38-39-41-43-45-47-55(68)64-51(52(67)46-44-42-40-12-10-8-6-4-2)50-74-62-60(73)58(71)61(54(49-66)76-62)77-63-59(72)57(70)56(69)53(48-65)75-63/h17-18,44,46,51-54,56-63,65-67,69-73H,3-16,19-43,45,47-50H2,1-2H3,(H,64,68)/b18-17-,46-44+. The molecule has 2 heterocycles. The molecular formula is C63H119NO13. The molecule has 14 nitrogen and oxygen atoms in total. The minimum atomic E-state index is -1.79. The Hall–Kier alpha value is -1.53. The SMILES string of the molecule is CCCCCCCC/C=C/C(O)C(COC1OC(CO)C(OC2OC(CO)C(O)C(O)C2O)C(O)C1O)NC(=O)CCCCCCCCCCCCCCCCCCCCCCCCC/C=C\CCCCCCCCCC. The second-order valence-corrected chi connectivity index (χ2v) is 22.9. The average molecular weight is 1100 g/mol. The summed E-state index contributed by atoms with van der Waals surface area (Å²) < 4.78 is 22.7. The normalized spacial score (nSPS) is 24.8. The molecule has 0 bridgehead atoms. The van der Waals surface area contributed by atoms with Gasteiger partial charge >= 0.3 is 0 Å².